The summed E-state index contributed by atoms with van der Waals surface area (Å²) in [6, 6.07) is 8.48. The summed E-state index contributed by atoms with van der Waals surface area (Å²) in [5, 5.41) is 8.02. The van der Waals surface area contributed by atoms with E-state index in [0.29, 0.717) is 42.9 Å². The average Bonchev–Trinajstić information content (AvgIpc) is 2.87. The fourth-order valence-electron chi connectivity index (χ4n) is 3.99. The van der Waals surface area contributed by atoms with Gasteiger partial charge in [0.25, 0.3) is 5.91 Å². The summed E-state index contributed by atoms with van der Waals surface area (Å²) in [4.78, 5) is 19.0. The molecule has 1 aromatic carbocycles. The van der Waals surface area contributed by atoms with Crippen molar-refractivity contribution >= 4 is 11.7 Å². The van der Waals surface area contributed by atoms with E-state index in [4.69, 9.17) is 10.5 Å². The van der Waals surface area contributed by atoms with Crippen molar-refractivity contribution in [2.75, 3.05) is 32.5 Å². The summed E-state index contributed by atoms with van der Waals surface area (Å²) >= 11 is 0. The predicted octanol–water partition coefficient (Wildman–Crippen LogP) is 4.23. The summed E-state index contributed by atoms with van der Waals surface area (Å²) < 4.78 is 61.4. The first-order valence-corrected chi connectivity index (χ1v) is 11.1. The topological polar surface area (TPSA) is 103 Å². The van der Waals surface area contributed by atoms with Gasteiger partial charge < -0.3 is 20.1 Å². The number of halogens is 4. The van der Waals surface area contributed by atoms with E-state index in [9.17, 15) is 22.4 Å². The monoisotopic (exact) mass is 505 g/mol. The molecule has 1 saturated heterocycles. The Labute approximate surface area is 204 Å². The Morgan fingerprint density at radius 1 is 1.11 bits per heavy atom. The Bertz CT molecular complexity index is 1230. The van der Waals surface area contributed by atoms with Crippen LogP contribution in [0.2, 0.25) is 0 Å². The standard InChI is InChI=1S/C24H23F4N5O3/c1-35-20-11-19(23(34)33-8-6-14(7-9-33)18-4-5-22(29)32-31-18)30-12-16(20)15-2-3-17(25)21(10-15)36-13-24(26,27)28/h2-5,10-12,14H,6-9,13H2,1H3,(H2,29,32). The molecular weight excluding hydrogens is 482 g/mol. The number of carbonyl (C=O) groups is 1. The molecule has 1 aliphatic heterocycles. The molecule has 8 nitrogen and oxygen atoms in total. The van der Waals surface area contributed by atoms with Gasteiger partial charge in [0.1, 0.15) is 17.3 Å². The second-order valence-corrected chi connectivity index (χ2v) is 8.27. The van der Waals surface area contributed by atoms with Crippen molar-refractivity contribution in [2.45, 2.75) is 24.9 Å². The molecule has 190 valence electrons. The number of anilines is 1. The largest absolute Gasteiger partial charge is 0.496 e. The first kappa shape index (κ1) is 25.1. The van der Waals surface area contributed by atoms with Gasteiger partial charge in [0.2, 0.25) is 0 Å². The third-order valence-corrected chi connectivity index (χ3v) is 5.84. The SMILES string of the molecule is COc1cc(C(=O)N2CCC(c3ccc(N)nn3)CC2)ncc1-c1ccc(F)c(OCC(F)(F)F)c1. The van der Waals surface area contributed by atoms with Gasteiger partial charge in [-0.3, -0.25) is 9.78 Å². The van der Waals surface area contributed by atoms with Gasteiger partial charge in [-0.25, -0.2) is 4.39 Å². The van der Waals surface area contributed by atoms with Gasteiger partial charge in [-0.1, -0.05) is 6.07 Å². The van der Waals surface area contributed by atoms with Crippen molar-refractivity contribution in [3.05, 3.63) is 59.8 Å². The predicted molar refractivity (Wildman–Crippen MR) is 122 cm³/mol. The molecule has 3 heterocycles. The number of nitrogen functional groups attached to an aromatic ring is 1. The Morgan fingerprint density at radius 3 is 2.50 bits per heavy atom. The number of nitrogens with two attached hydrogens (primary N) is 1. The molecule has 2 N–H and O–H groups in total. The zero-order chi connectivity index (χ0) is 25.9. The van der Waals surface area contributed by atoms with Crippen LogP contribution < -0.4 is 15.2 Å². The van der Waals surface area contributed by atoms with Gasteiger partial charge in [0, 0.05) is 36.8 Å². The van der Waals surface area contributed by atoms with E-state index < -0.39 is 24.3 Å². The van der Waals surface area contributed by atoms with Crippen molar-refractivity contribution in [1.82, 2.24) is 20.1 Å². The Morgan fingerprint density at radius 2 is 1.86 bits per heavy atom. The van der Waals surface area contributed by atoms with Crippen molar-refractivity contribution in [1.29, 1.82) is 0 Å². The average molecular weight is 505 g/mol. The van der Waals surface area contributed by atoms with E-state index in [1.807, 2.05) is 6.07 Å². The second kappa shape index (κ2) is 10.3. The minimum Gasteiger partial charge on any atom is -0.496 e. The van der Waals surface area contributed by atoms with Crippen LogP contribution >= 0.6 is 0 Å². The fourth-order valence-corrected chi connectivity index (χ4v) is 3.99. The molecule has 0 saturated carbocycles. The van der Waals surface area contributed by atoms with Gasteiger partial charge in [0.15, 0.2) is 18.2 Å². The molecule has 1 fully saturated rings. The molecule has 1 amide bonds. The molecule has 0 aliphatic carbocycles. The maximum absolute atomic E-state index is 14.0. The number of pyridine rings is 1. The molecule has 3 aromatic rings. The molecule has 0 atom stereocenters. The van der Waals surface area contributed by atoms with Crippen LogP contribution in [0.1, 0.15) is 34.9 Å². The van der Waals surface area contributed by atoms with Crippen LogP contribution in [0.3, 0.4) is 0 Å². The molecule has 2 aromatic heterocycles. The van der Waals surface area contributed by atoms with E-state index >= 15 is 0 Å². The van der Waals surface area contributed by atoms with E-state index in [-0.39, 0.29) is 23.3 Å². The Kier molecular flexibility index (Phi) is 7.22. The summed E-state index contributed by atoms with van der Waals surface area (Å²) in [5.41, 5.74) is 7.26. The number of benzene rings is 1. The van der Waals surface area contributed by atoms with Crippen LogP contribution in [0.25, 0.3) is 11.1 Å². The van der Waals surface area contributed by atoms with E-state index in [1.165, 1.54) is 25.4 Å². The van der Waals surface area contributed by atoms with Crippen LogP contribution in [0.5, 0.6) is 11.5 Å². The van der Waals surface area contributed by atoms with Crippen LogP contribution in [0, 0.1) is 5.82 Å². The number of carbonyl (C=O) groups excluding carboxylic acids is 1. The van der Waals surface area contributed by atoms with Crippen molar-refractivity contribution in [2.24, 2.45) is 0 Å². The van der Waals surface area contributed by atoms with E-state index in [2.05, 4.69) is 19.9 Å². The van der Waals surface area contributed by atoms with Crippen LogP contribution in [0.15, 0.2) is 42.6 Å². The molecule has 4 rings (SSSR count). The molecule has 12 heteroatoms. The number of alkyl halides is 3. The molecule has 0 bridgehead atoms. The van der Waals surface area contributed by atoms with Gasteiger partial charge >= 0.3 is 6.18 Å². The summed E-state index contributed by atoms with van der Waals surface area (Å²) in [7, 11) is 1.39. The third-order valence-electron chi connectivity index (χ3n) is 5.84. The lowest BCUT2D eigenvalue weighted by Gasteiger charge is -2.31. The van der Waals surface area contributed by atoms with Gasteiger partial charge in [-0.2, -0.15) is 18.3 Å². The first-order valence-electron chi connectivity index (χ1n) is 11.1. The lowest BCUT2D eigenvalue weighted by atomic mass is 9.93. The number of rotatable bonds is 6. The van der Waals surface area contributed by atoms with Gasteiger partial charge in [-0.15, -0.1) is 5.10 Å². The number of ether oxygens (including phenoxy) is 2. The van der Waals surface area contributed by atoms with Crippen molar-refractivity contribution in [3.63, 3.8) is 0 Å². The number of hydrogen-bond acceptors (Lipinski definition) is 7. The fraction of sp³-hybridized carbons (Fsp3) is 0.333. The third kappa shape index (κ3) is 5.81. The van der Waals surface area contributed by atoms with Gasteiger partial charge in [0.05, 0.1) is 12.8 Å². The zero-order valence-electron chi connectivity index (χ0n) is 19.3. The number of amides is 1. The number of aromatic nitrogens is 3. The number of likely N-dealkylation sites (tertiary alicyclic amines) is 1. The smallest absolute Gasteiger partial charge is 0.422 e. The minimum absolute atomic E-state index is 0.150. The maximum Gasteiger partial charge on any atom is 0.422 e. The highest BCUT2D eigenvalue weighted by molar-refractivity contribution is 5.93. The number of hydrogen-bond donors (Lipinski definition) is 1. The summed E-state index contributed by atoms with van der Waals surface area (Å²) in [6.45, 7) is -0.629. The number of methoxy groups -OCH3 is 1. The van der Waals surface area contributed by atoms with E-state index in [1.54, 1.807) is 11.0 Å². The quantitative estimate of drug-likeness (QED) is 0.500. The number of piperidine rings is 1. The van der Waals surface area contributed by atoms with E-state index in [0.717, 1.165) is 17.8 Å². The normalized spacial score (nSPS) is 14.5. The Hall–Kier alpha value is -3.96. The highest BCUT2D eigenvalue weighted by Crippen LogP contribution is 2.34. The summed E-state index contributed by atoms with van der Waals surface area (Å²) in [5.74, 6) is -1.00. The lowest BCUT2D eigenvalue weighted by molar-refractivity contribution is -0.153. The molecule has 1 aliphatic rings. The highest BCUT2D eigenvalue weighted by Gasteiger charge is 2.29. The van der Waals surface area contributed by atoms with Crippen molar-refractivity contribution in [3.8, 4) is 22.6 Å². The summed E-state index contributed by atoms with van der Waals surface area (Å²) in [6.07, 6.45) is -1.84. The Balaban J connectivity index is 1.48. The van der Waals surface area contributed by atoms with Gasteiger partial charge in [-0.05, 0) is 42.7 Å². The minimum atomic E-state index is -4.61. The van der Waals surface area contributed by atoms with Crippen LogP contribution in [-0.2, 0) is 0 Å². The molecular formula is C24H23F4N5O3. The molecule has 0 radical (unpaired) electrons. The zero-order valence-corrected chi connectivity index (χ0v) is 19.3. The second-order valence-electron chi connectivity index (χ2n) is 8.27. The number of nitrogens with zero attached hydrogens (tertiary/aromatic N) is 4. The highest BCUT2D eigenvalue weighted by atomic mass is 19.4. The molecule has 0 spiro atoms. The first-order chi connectivity index (χ1) is 17.1. The maximum atomic E-state index is 14.0. The van der Waals surface area contributed by atoms with Crippen molar-refractivity contribution < 1.29 is 31.8 Å². The molecule has 36 heavy (non-hydrogen) atoms. The van der Waals surface area contributed by atoms with Crippen LogP contribution in [0.4, 0.5) is 23.4 Å². The lowest BCUT2D eigenvalue weighted by Crippen LogP contribution is -2.38. The molecule has 0 unspecified atom stereocenters. The van der Waals surface area contributed by atoms with Crippen LogP contribution in [-0.4, -0.2) is 59.0 Å².